The minimum absolute atomic E-state index is 0.0786. The van der Waals surface area contributed by atoms with Gasteiger partial charge in [0, 0.05) is 11.1 Å². The highest BCUT2D eigenvalue weighted by Gasteiger charge is 2.20. The van der Waals surface area contributed by atoms with Gasteiger partial charge >= 0.3 is 0 Å². The zero-order valence-electron chi connectivity index (χ0n) is 9.62. The van der Waals surface area contributed by atoms with Gasteiger partial charge in [0.05, 0.1) is 0 Å². The van der Waals surface area contributed by atoms with Gasteiger partial charge in [-0.1, -0.05) is 24.3 Å². The van der Waals surface area contributed by atoms with Crippen LogP contribution in [0.3, 0.4) is 0 Å². The molecule has 0 fully saturated rings. The molecule has 1 nitrogen and oxygen atoms in total. The number of rotatable bonds is 2. The Morgan fingerprint density at radius 2 is 1.67 bits per heavy atom. The Labute approximate surface area is 103 Å². The molecular formula is C14H11F3O. The fourth-order valence-corrected chi connectivity index (χ4v) is 1.75. The third kappa shape index (κ3) is 2.24. The Kier molecular flexibility index (Phi) is 3.39. The fraction of sp³-hybridized carbons (Fsp3) is 0.143. The van der Waals surface area contributed by atoms with Crippen molar-refractivity contribution in [2.75, 3.05) is 0 Å². The quantitative estimate of drug-likeness (QED) is 0.867. The summed E-state index contributed by atoms with van der Waals surface area (Å²) in [5.74, 6) is -2.88. The molecule has 0 aliphatic heterocycles. The molecular weight excluding hydrogens is 241 g/mol. The van der Waals surface area contributed by atoms with Crippen LogP contribution < -0.4 is 0 Å². The highest BCUT2D eigenvalue weighted by molar-refractivity contribution is 5.33. The SMILES string of the molecule is Cc1ccc(C(O)c2cccc(F)c2F)c(F)c1. The smallest absolute Gasteiger partial charge is 0.164 e. The van der Waals surface area contributed by atoms with Crippen molar-refractivity contribution < 1.29 is 18.3 Å². The summed E-state index contributed by atoms with van der Waals surface area (Å²) in [6.45, 7) is 1.70. The van der Waals surface area contributed by atoms with E-state index < -0.39 is 23.6 Å². The number of hydrogen-bond donors (Lipinski definition) is 1. The second kappa shape index (κ2) is 4.82. The van der Waals surface area contributed by atoms with Crippen LogP contribution >= 0.6 is 0 Å². The van der Waals surface area contributed by atoms with Crippen LogP contribution in [0.25, 0.3) is 0 Å². The summed E-state index contributed by atoms with van der Waals surface area (Å²) >= 11 is 0. The third-order valence-electron chi connectivity index (χ3n) is 2.73. The van der Waals surface area contributed by atoms with Gasteiger partial charge in [-0.15, -0.1) is 0 Å². The lowest BCUT2D eigenvalue weighted by molar-refractivity contribution is 0.208. The van der Waals surface area contributed by atoms with Crippen molar-refractivity contribution in [3.05, 3.63) is 70.5 Å². The standard InChI is InChI=1S/C14H11F3O/c1-8-5-6-9(12(16)7-8)14(18)10-3-2-4-11(15)13(10)17/h2-7,14,18H,1H3. The molecule has 0 amide bonds. The minimum Gasteiger partial charge on any atom is -0.383 e. The summed E-state index contributed by atoms with van der Waals surface area (Å²) < 4.78 is 40.2. The van der Waals surface area contributed by atoms with Gasteiger partial charge in [0.15, 0.2) is 11.6 Å². The number of aliphatic hydroxyl groups is 1. The Bertz CT molecular complexity index is 581. The normalized spacial score (nSPS) is 12.5. The van der Waals surface area contributed by atoms with Gasteiger partial charge in [-0.2, -0.15) is 0 Å². The molecule has 0 saturated heterocycles. The van der Waals surface area contributed by atoms with Crippen LogP contribution in [-0.2, 0) is 0 Å². The minimum atomic E-state index is -1.53. The van der Waals surface area contributed by atoms with Crippen LogP contribution in [0.1, 0.15) is 22.8 Å². The van der Waals surface area contributed by atoms with E-state index >= 15 is 0 Å². The van der Waals surface area contributed by atoms with Crippen LogP contribution in [0.4, 0.5) is 13.2 Å². The van der Waals surface area contributed by atoms with Crippen molar-refractivity contribution in [1.82, 2.24) is 0 Å². The average Bonchev–Trinajstić information content (AvgIpc) is 2.32. The third-order valence-corrected chi connectivity index (χ3v) is 2.73. The molecule has 0 spiro atoms. The van der Waals surface area contributed by atoms with Crippen molar-refractivity contribution >= 4 is 0 Å². The molecule has 0 heterocycles. The van der Waals surface area contributed by atoms with E-state index in [1.807, 2.05) is 0 Å². The fourth-order valence-electron chi connectivity index (χ4n) is 1.75. The van der Waals surface area contributed by atoms with E-state index in [9.17, 15) is 18.3 Å². The number of aryl methyl sites for hydroxylation is 1. The summed E-state index contributed by atoms with van der Waals surface area (Å²) in [4.78, 5) is 0. The van der Waals surface area contributed by atoms with Crippen LogP contribution in [0.15, 0.2) is 36.4 Å². The maximum Gasteiger partial charge on any atom is 0.164 e. The van der Waals surface area contributed by atoms with E-state index in [1.54, 1.807) is 13.0 Å². The summed E-state index contributed by atoms with van der Waals surface area (Å²) in [6, 6.07) is 7.62. The Hall–Kier alpha value is -1.81. The van der Waals surface area contributed by atoms with Gasteiger partial charge in [-0.05, 0) is 24.6 Å². The van der Waals surface area contributed by atoms with E-state index in [4.69, 9.17) is 0 Å². The number of aliphatic hydroxyl groups excluding tert-OH is 1. The molecule has 2 aromatic carbocycles. The number of benzene rings is 2. The van der Waals surface area contributed by atoms with E-state index in [-0.39, 0.29) is 11.1 Å². The molecule has 0 bridgehead atoms. The molecule has 4 heteroatoms. The second-order valence-corrected chi connectivity index (χ2v) is 4.07. The predicted molar refractivity (Wildman–Crippen MR) is 61.6 cm³/mol. The van der Waals surface area contributed by atoms with Gasteiger partial charge in [-0.3, -0.25) is 0 Å². The van der Waals surface area contributed by atoms with Crippen LogP contribution in [0.5, 0.6) is 0 Å². The monoisotopic (exact) mass is 252 g/mol. The molecule has 18 heavy (non-hydrogen) atoms. The van der Waals surface area contributed by atoms with Crippen molar-refractivity contribution in [3.8, 4) is 0 Å². The molecule has 0 aliphatic rings. The van der Waals surface area contributed by atoms with Gasteiger partial charge in [0.25, 0.3) is 0 Å². The molecule has 0 aromatic heterocycles. The highest BCUT2D eigenvalue weighted by atomic mass is 19.2. The highest BCUT2D eigenvalue weighted by Crippen LogP contribution is 2.27. The molecule has 1 atom stereocenters. The molecule has 0 aliphatic carbocycles. The maximum atomic E-state index is 13.6. The lowest BCUT2D eigenvalue weighted by Gasteiger charge is -2.13. The van der Waals surface area contributed by atoms with Crippen LogP contribution in [0.2, 0.25) is 0 Å². The first-order valence-electron chi connectivity index (χ1n) is 5.38. The van der Waals surface area contributed by atoms with Crippen molar-refractivity contribution in [2.24, 2.45) is 0 Å². The van der Waals surface area contributed by atoms with Crippen LogP contribution in [-0.4, -0.2) is 5.11 Å². The first-order valence-corrected chi connectivity index (χ1v) is 5.38. The van der Waals surface area contributed by atoms with Gasteiger partial charge in [0.2, 0.25) is 0 Å². The van der Waals surface area contributed by atoms with E-state index in [1.165, 1.54) is 24.3 Å². The molecule has 2 aromatic rings. The van der Waals surface area contributed by atoms with Gasteiger partial charge in [0.1, 0.15) is 11.9 Å². The molecule has 1 N–H and O–H groups in total. The van der Waals surface area contributed by atoms with E-state index in [0.717, 1.165) is 6.07 Å². The lowest BCUT2D eigenvalue weighted by atomic mass is 9.99. The molecule has 94 valence electrons. The first-order chi connectivity index (χ1) is 8.50. The Balaban J connectivity index is 2.48. The van der Waals surface area contributed by atoms with Crippen molar-refractivity contribution in [2.45, 2.75) is 13.0 Å². The van der Waals surface area contributed by atoms with Crippen LogP contribution in [0, 0.1) is 24.4 Å². The average molecular weight is 252 g/mol. The first kappa shape index (κ1) is 12.6. The van der Waals surface area contributed by atoms with E-state index in [0.29, 0.717) is 5.56 Å². The largest absolute Gasteiger partial charge is 0.383 e. The second-order valence-electron chi connectivity index (χ2n) is 4.07. The molecule has 0 saturated carbocycles. The van der Waals surface area contributed by atoms with Gasteiger partial charge < -0.3 is 5.11 Å². The zero-order valence-corrected chi connectivity index (χ0v) is 9.62. The summed E-state index contributed by atoms with van der Waals surface area (Å²) in [6.07, 6.45) is -1.53. The Morgan fingerprint density at radius 1 is 0.944 bits per heavy atom. The summed E-state index contributed by atoms with van der Waals surface area (Å²) in [5.41, 5.74) is 0.325. The maximum absolute atomic E-state index is 13.6. The van der Waals surface area contributed by atoms with Gasteiger partial charge in [-0.25, -0.2) is 13.2 Å². The predicted octanol–water partition coefficient (Wildman–Crippen LogP) is 3.49. The topological polar surface area (TPSA) is 20.2 Å². The van der Waals surface area contributed by atoms with E-state index in [2.05, 4.69) is 0 Å². The summed E-state index contributed by atoms with van der Waals surface area (Å²) in [7, 11) is 0. The number of hydrogen-bond acceptors (Lipinski definition) is 1. The lowest BCUT2D eigenvalue weighted by Crippen LogP contribution is -2.06. The molecule has 0 radical (unpaired) electrons. The van der Waals surface area contributed by atoms with Crippen molar-refractivity contribution in [3.63, 3.8) is 0 Å². The zero-order chi connectivity index (χ0) is 13.3. The molecule has 1 unspecified atom stereocenters. The molecule has 2 rings (SSSR count). The summed E-state index contributed by atoms with van der Waals surface area (Å²) in [5, 5.41) is 9.92. The Morgan fingerprint density at radius 3 is 2.33 bits per heavy atom. The van der Waals surface area contributed by atoms with Crippen molar-refractivity contribution in [1.29, 1.82) is 0 Å². The number of halogens is 3.